The smallest absolute Gasteiger partial charge is 0.0670 e. The fraction of sp³-hybridized carbons (Fsp3) is 0.583. The number of pyridine rings is 1. The highest BCUT2D eigenvalue weighted by Crippen LogP contribution is 2.26. The van der Waals surface area contributed by atoms with Gasteiger partial charge < -0.3 is 10.5 Å². The van der Waals surface area contributed by atoms with Gasteiger partial charge in [0.1, 0.15) is 0 Å². The van der Waals surface area contributed by atoms with Crippen LogP contribution in [0.4, 0.5) is 0 Å². The highest BCUT2D eigenvalue weighted by atomic mass is 16.5. The summed E-state index contributed by atoms with van der Waals surface area (Å²) in [4.78, 5) is 4.37. The van der Waals surface area contributed by atoms with Crippen molar-refractivity contribution in [1.29, 1.82) is 0 Å². The highest BCUT2D eigenvalue weighted by Gasteiger charge is 2.25. The topological polar surface area (TPSA) is 48.1 Å². The molecular weight excluding hydrogens is 188 g/mol. The second kappa shape index (κ2) is 5.24. The van der Waals surface area contributed by atoms with Crippen LogP contribution in [0.25, 0.3) is 0 Å². The highest BCUT2D eigenvalue weighted by molar-refractivity contribution is 5.12. The number of nitrogens with two attached hydrogens (primary N) is 1. The lowest BCUT2D eigenvalue weighted by atomic mass is 9.92. The van der Waals surface area contributed by atoms with Gasteiger partial charge in [0.25, 0.3) is 0 Å². The Kier molecular flexibility index (Phi) is 3.69. The molecule has 3 heteroatoms. The number of ether oxygens (including phenoxy) is 1. The van der Waals surface area contributed by atoms with E-state index in [1.165, 1.54) is 12.8 Å². The van der Waals surface area contributed by atoms with Crippen LogP contribution in [0.2, 0.25) is 0 Å². The number of aromatic nitrogens is 1. The van der Waals surface area contributed by atoms with Gasteiger partial charge in [0.05, 0.1) is 6.10 Å². The van der Waals surface area contributed by atoms with Gasteiger partial charge >= 0.3 is 0 Å². The van der Waals surface area contributed by atoms with Gasteiger partial charge in [-0.1, -0.05) is 6.07 Å². The lowest BCUT2D eigenvalue weighted by molar-refractivity contribution is -0.000180. The largest absolute Gasteiger partial charge is 0.377 e. The molecule has 2 unspecified atom stereocenters. The van der Waals surface area contributed by atoms with Crippen LogP contribution in [-0.2, 0) is 4.74 Å². The molecule has 1 saturated heterocycles. The summed E-state index contributed by atoms with van der Waals surface area (Å²) in [6.07, 6.45) is 5.61. The second-order valence-electron chi connectivity index (χ2n) is 4.00. The van der Waals surface area contributed by atoms with E-state index in [-0.39, 0.29) is 12.0 Å². The zero-order chi connectivity index (χ0) is 10.5. The summed E-state index contributed by atoms with van der Waals surface area (Å²) in [6, 6.07) is 5.97. The molecule has 1 aromatic heterocycles. The quantitative estimate of drug-likeness (QED) is 0.818. The Bertz CT molecular complexity index is 283. The first-order valence-corrected chi connectivity index (χ1v) is 5.64. The lowest BCUT2D eigenvalue weighted by Gasteiger charge is -2.29. The molecule has 0 saturated carbocycles. The minimum atomic E-state index is 0.256. The molecule has 2 atom stereocenters. The Hall–Kier alpha value is -0.930. The first kappa shape index (κ1) is 10.6. The number of nitrogens with zero attached hydrogens (tertiary/aromatic N) is 1. The van der Waals surface area contributed by atoms with Gasteiger partial charge in [-0.25, -0.2) is 0 Å². The molecule has 0 aliphatic carbocycles. The zero-order valence-corrected chi connectivity index (χ0v) is 8.93. The Morgan fingerprint density at radius 2 is 2.40 bits per heavy atom. The molecule has 2 N–H and O–H groups in total. The summed E-state index contributed by atoms with van der Waals surface area (Å²) in [6.45, 7) is 1.48. The van der Waals surface area contributed by atoms with Gasteiger partial charge in [0.15, 0.2) is 0 Å². The molecule has 3 nitrogen and oxygen atoms in total. The van der Waals surface area contributed by atoms with Crippen LogP contribution in [-0.4, -0.2) is 24.2 Å². The summed E-state index contributed by atoms with van der Waals surface area (Å²) in [5.74, 6) is 0.256. The fourth-order valence-corrected chi connectivity index (χ4v) is 2.14. The monoisotopic (exact) mass is 206 g/mol. The molecule has 1 aromatic rings. The van der Waals surface area contributed by atoms with Crippen LogP contribution < -0.4 is 5.73 Å². The number of rotatable bonds is 3. The average Bonchev–Trinajstić information content (AvgIpc) is 2.33. The lowest BCUT2D eigenvalue weighted by Crippen LogP contribution is -2.31. The first-order chi connectivity index (χ1) is 7.42. The van der Waals surface area contributed by atoms with Crippen molar-refractivity contribution in [3.05, 3.63) is 30.1 Å². The molecular formula is C12H18N2O. The van der Waals surface area contributed by atoms with Crippen molar-refractivity contribution in [1.82, 2.24) is 4.98 Å². The molecule has 0 aromatic carbocycles. The molecule has 2 rings (SSSR count). The van der Waals surface area contributed by atoms with Gasteiger partial charge in [-0.15, -0.1) is 0 Å². The molecule has 1 fully saturated rings. The van der Waals surface area contributed by atoms with Gasteiger partial charge in [-0.3, -0.25) is 4.98 Å². The van der Waals surface area contributed by atoms with Crippen LogP contribution in [0.5, 0.6) is 0 Å². The van der Waals surface area contributed by atoms with E-state index in [4.69, 9.17) is 10.5 Å². The third-order valence-corrected chi connectivity index (χ3v) is 2.99. The molecule has 15 heavy (non-hydrogen) atoms. The maximum atomic E-state index is 5.82. The first-order valence-electron chi connectivity index (χ1n) is 5.64. The molecule has 0 radical (unpaired) electrons. The van der Waals surface area contributed by atoms with Crippen LogP contribution in [0.1, 0.15) is 30.9 Å². The van der Waals surface area contributed by atoms with E-state index in [0.29, 0.717) is 6.54 Å². The van der Waals surface area contributed by atoms with Crippen molar-refractivity contribution >= 4 is 0 Å². The maximum Gasteiger partial charge on any atom is 0.0670 e. The molecule has 0 bridgehead atoms. The van der Waals surface area contributed by atoms with Crippen molar-refractivity contribution in [2.75, 3.05) is 13.2 Å². The van der Waals surface area contributed by atoms with Crippen LogP contribution in [0.15, 0.2) is 24.4 Å². The Labute approximate surface area is 90.7 Å². The van der Waals surface area contributed by atoms with Gasteiger partial charge in [-0.05, 0) is 31.4 Å². The Morgan fingerprint density at radius 1 is 1.47 bits per heavy atom. The van der Waals surface area contributed by atoms with Gasteiger partial charge in [-0.2, -0.15) is 0 Å². The summed E-state index contributed by atoms with van der Waals surface area (Å²) in [5, 5.41) is 0. The van der Waals surface area contributed by atoms with Gasteiger partial charge in [0.2, 0.25) is 0 Å². The molecule has 1 aliphatic heterocycles. The van der Waals surface area contributed by atoms with Crippen molar-refractivity contribution in [2.45, 2.75) is 31.3 Å². The Balaban J connectivity index is 2.09. The minimum absolute atomic E-state index is 0.256. The molecule has 0 spiro atoms. The fourth-order valence-electron chi connectivity index (χ4n) is 2.14. The summed E-state index contributed by atoms with van der Waals surface area (Å²) in [5.41, 5.74) is 6.88. The van der Waals surface area contributed by atoms with Crippen molar-refractivity contribution in [3.8, 4) is 0 Å². The zero-order valence-electron chi connectivity index (χ0n) is 8.93. The number of hydrogen-bond acceptors (Lipinski definition) is 3. The van der Waals surface area contributed by atoms with E-state index in [0.717, 1.165) is 18.7 Å². The standard InChI is InChI=1S/C12H18N2O/c13-9-10(11-5-1-3-7-14-11)12-6-2-4-8-15-12/h1,3,5,7,10,12H,2,4,6,8-9,13H2. The Morgan fingerprint density at radius 3 is 3.00 bits per heavy atom. The normalized spacial score (nSPS) is 23.7. The van der Waals surface area contributed by atoms with Crippen LogP contribution in [0.3, 0.4) is 0 Å². The predicted octanol–water partition coefficient (Wildman–Crippen LogP) is 1.69. The van der Waals surface area contributed by atoms with E-state index >= 15 is 0 Å². The van der Waals surface area contributed by atoms with E-state index in [1.54, 1.807) is 0 Å². The van der Waals surface area contributed by atoms with Gasteiger partial charge in [0, 0.05) is 31.0 Å². The summed E-state index contributed by atoms with van der Waals surface area (Å²) >= 11 is 0. The number of hydrogen-bond donors (Lipinski definition) is 1. The summed E-state index contributed by atoms with van der Waals surface area (Å²) < 4.78 is 5.77. The summed E-state index contributed by atoms with van der Waals surface area (Å²) in [7, 11) is 0. The molecule has 2 heterocycles. The van der Waals surface area contributed by atoms with Crippen LogP contribution in [0, 0.1) is 0 Å². The van der Waals surface area contributed by atoms with E-state index in [2.05, 4.69) is 4.98 Å². The predicted molar refractivity (Wildman–Crippen MR) is 59.6 cm³/mol. The van der Waals surface area contributed by atoms with E-state index in [1.807, 2.05) is 24.4 Å². The maximum absolute atomic E-state index is 5.82. The molecule has 1 aliphatic rings. The SMILES string of the molecule is NCC(c1ccccn1)C1CCCCO1. The third kappa shape index (κ3) is 2.55. The van der Waals surface area contributed by atoms with Crippen molar-refractivity contribution < 1.29 is 4.74 Å². The van der Waals surface area contributed by atoms with Crippen molar-refractivity contribution in [3.63, 3.8) is 0 Å². The third-order valence-electron chi connectivity index (χ3n) is 2.99. The van der Waals surface area contributed by atoms with E-state index < -0.39 is 0 Å². The van der Waals surface area contributed by atoms with Crippen LogP contribution >= 0.6 is 0 Å². The molecule has 0 amide bonds. The second-order valence-corrected chi connectivity index (χ2v) is 4.00. The molecule has 82 valence electrons. The average molecular weight is 206 g/mol. The minimum Gasteiger partial charge on any atom is -0.377 e. The van der Waals surface area contributed by atoms with E-state index in [9.17, 15) is 0 Å². The van der Waals surface area contributed by atoms with Crippen molar-refractivity contribution in [2.24, 2.45) is 5.73 Å².